The number of ether oxygens (including phenoxy) is 1. The summed E-state index contributed by atoms with van der Waals surface area (Å²) in [5.41, 5.74) is 1.07. The van der Waals surface area contributed by atoms with Crippen LogP contribution in [0.2, 0.25) is 0 Å². The Bertz CT molecular complexity index is 351. The lowest BCUT2D eigenvalue weighted by Gasteiger charge is -2.10. The Morgan fingerprint density at radius 2 is 2.31 bits per heavy atom. The highest BCUT2D eigenvalue weighted by Gasteiger charge is 2.31. The van der Waals surface area contributed by atoms with Crippen LogP contribution in [0.4, 0.5) is 0 Å². The Morgan fingerprint density at radius 3 is 3.00 bits per heavy atom. The van der Waals surface area contributed by atoms with Crippen molar-refractivity contribution in [3.05, 3.63) is 24.0 Å². The van der Waals surface area contributed by atoms with Crippen molar-refractivity contribution in [1.29, 1.82) is 0 Å². The van der Waals surface area contributed by atoms with Gasteiger partial charge in [-0.2, -0.15) is 0 Å². The molecule has 1 aromatic rings. The van der Waals surface area contributed by atoms with Crippen LogP contribution in [0.15, 0.2) is 18.5 Å². The number of hydrogen-bond acceptors (Lipinski definition) is 2. The van der Waals surface area contributed by atoms with Gasteiger partial charge in [0.05, 0.1) is 12.2 Å². The molecule has 3 nitrogen and oxygen atoms in total. The van der Waals surface area contributed by atoms with Crippen LogP contribution in [0, 0.1) is 5.92 Å². The predicted octanol–water partition coefficient (Wildman–Crippen LogP) is 2.11. The van der Waals surface area contributed by atoms with E-state index in [1.807, 2.05) is 6.07 Å². The molecule has 1 N–H and O–H groups in total. The number of aliphatic hydroxyl groups excluding tert-OH is 1. The van der Waals surface area contributed by atoms with Crippen LogP contribution >= 0.6 is 0 Å². The van der Waals surface area contributed by atoms with E-state index >= 15 is 0 Å². The van der Waals surface area contributed by atoms with Crippen LogP contribution in [0.5, 0.6) is 0 Å². The van der Waals surface area contributed by atoms with Crippen LogP contribution in [-0.2, 0) is 11.3 Å². The highest BCUT2D eigenvalue weighted by atomic mass is 16.5. The van der Waals surface area contributed by atoms with Gasteiger partial charge in [-0.25, -0.2) is 0 Å². The Hall–Kier alpha value is -0.800. The van der Waals surface area contributed by atoms with Crippen LogP contribution in [0.25, 0.3) is 0 Å². The molecule has 1 aliphatic carbocycles. The van der Waals surface area contributed by atoms with Gasteiger partial charge in [-0.15, -0.1) is 0 Å². The van der Waals surface area contributed by atoms with Gasteiger partial charge in [-0.05, 0) is 43.2 Å². The molecule has 2 atom stereocenters. The minimum absolute atomic E-state index is 0.245. The van der Waals surface area contributed by atoms with Gasteiger partial charge in [0.25, 0.3) is 0 Å². The summed E-state index contributed by atoms with van der Waals surface area (Å²) in [5, 5.41) is 9.99. The summed E-state index contributed by atoms with van der Waals surface area (Å²) in [5.74, 6) is 0.513. The molecule has 0 spiro atoms. The molecule has 2 unspecified atom stereocenters. The third-order valence-electron chi connectivity index (χ3n) is 3.62. The molecule has 2 fully saturated rings. The highest BCUT2D eigenvalue weighted by Crippen LogP contribution is 2.40. The molecule has 2 aliphatic rings. The fraction of sp³-hybridized carbons (Fsp3) is 0.692. The van der Waals surface area contributed by atoms with Crippen molar-refractivity contribution in [2.75, 3.05) is 6.61 Å². The zero-order chi connectivity index (χ0) is 11.0. The van der Waals surface area contributed by atoms with Crippen molar-refractivity contribution < 1.29 is 9.84 Å². The smallest absolute Gasteiger partial charge is 0.0832 e. The lowest BCUT2D eigenvalue weighted by Crippen LogP contribution is -2.13. The van der Waals surface area contributed by atoms with Crippen molar-refractivity contribution in [3.63, 3.8) is 0 Å². The van der Waals surface area contributed by atoms with Gasteiger partial charge in [0, 0.05) is 25.5 Å². The van der Waals surface area contributed by atoms with E-state index in [2.05, 4.69) is 17.0 Å². The van der Waals surface area contributed by atoms with Gasteiger partial charge < -0.3 is 14.4 Å². The van der Waals surface area contributed by atoms with Crippen LogP contribution in [0.1, 0.15) is 37.4 Å². The molecule has 3 heteroatoms. The predicted molar refractivity (Wildman–Crippen MR) is 61.1 cm³/mol. The van der Waals surface area contributed by atoms with E-state index in [9.17, 15) is 5.11 Å². The molecular formula is C13H19NO2. The third-order valence-corrected chi connectivity index (χ3v) is 3.62. The third kappa shape index (κ3) is 2.15. The molecule has 1 saturated heterocycles. The molecule has 0 aromatic carbocycles. The highest BCUT2D eigenvalue weighted by molar-refractivity contribution is 5.16. The molecule has 3 rings (SSSR count). The Kier molecular flexibility index (Phi) is 2.74. The fourth-order valence-corrected chi connectivity index (χ4v) is 2.46. The van der Waals surface area contributed by atoms with Gasteiger partial charge in [0.2, 0.25) is 0 Å². The second kappa shape index (κ2) is 4.22. The molecule has 1 aromatic heterocycles. The van der Waals surface area contributed by atoms with E-state index in [0.717, 1.165) is 18.7 Å². The average Bonchev–Trinajstić information content (AvgIpc) is 2.82. The number of hydrogen-bond donors (Lipinski definition) is 1. The monoisotopic (exact) mass is 221 g/mol. The van der Waals surface area contributed by atoms with E-state index < -0.39 is 0 Å². The summed E-state index contributed by atoms with van der Waals surface area (Å²) in [4.78, 5) is 0. The molecule has 2 heterocycles. The largest absolute Gasteiger partial charge is 0.388 e. The molecule has 0 radical (unpaired) electrons. The fourth-order valence-electron chi connectivity index (χ4n) is 2.46. The zero-order valence-electron chi connectivity index (χ0n) is 9.51. The zero-order valence-corrected chi connectivity index (χ0v) is 9.51. The van der Waals surface area contributed by atoms with Crippen molar-refractivity contribution in [1.82, 2.24) is 4.57 Å². The number of rotatable bonds is 4. The second-order valence-electron chi connectivity index (χ2n) is 5.06. The van der Waals surface area contributed by atoms with E-state index in [-0.39, 0.29) is 6.10 Å². The van der Waals surface area contributed by atoms with Crippen molar-refractivity contribution in [3.8, 4) is 0 Å². The van der Waals surface area contributed by atoms with Crippen LogP contribution in [-0.4, -0.2) is 22.4 Å². The maximum Gasteiger partial charge on any atom is 0.0832 e. The number of aliphatic hydroxyl groups is 1. The Balaban J connectivity index is 1.62. The number of aromatic nitrogens is 1. The van der Waals surface area contributed by atoms with Crippen molar-refractivity contribution in [2.24, 2.45) is 5.92 Å². The lowest BCUT2D eigenvalue weighted by molar-refractivity contribution is 0.0968. The van der Waals surface area contributed by atoms with Gasteiger partial charge in [-0.3, -0.25) is 0 Å². The molecule has 16 heavy (non-hydrogen) atoms. The van der Waals surface area contributed by atoms with E-state index in [1.165, 1.54) is 25.7 Å². The minimum atomic E-state index is -0.245. The minimum Gasteiger partial charge on any atom is -0.388 e. The van der Waals surface area contributed by atoms with Crippen LogP contribution < -0.4 is 0 Å². The summed E-state index contributed by atoms with van der Waals surface area (Å²) in [6.45, 7) is 1.83. The topological polar surface area (TPSA) is 34.4 Å². The van der Waals surface area contributed by atoms with Gasteiger partial charge >= 0.3 is 0 Å². The van der Waals surface area contributed by atoms with Gasteiger partial charge in [0.15, 0.2) is 0 Å². The quantitative estimate of drug-likeness (QED) is 0.845. The first-order chi connectivity index (χ1) is 7.83. The van der Waals surface area contributed by atoms with E-state index in [0.29, 0.717) is 12.0 Å². The SMILES string of the molecule is OC(c1ccn(CC2CCCO2)c1)C1CC1. The van der Waals surface area contributed by atoms with Gasteiger partial charge in [-0.1, -0.05) is 0 Å². The molecule has 0 amide bonds. The summed E-state index contributed by atoms with van der Waals surface area (Å²) in [6.07, 6.45) is 8.97. The molecular weight excluding hydrogens is 202 g/mol. The number of nitrogens with zero attached hydrogens (tertiary/aromatic N) is 1. The van der Waals surface area contributed by atoms with Crippen LogP contribution in [0.3, 0.4) is 0 Å². The standard InChI is InChI=1S/C13H19NO2/c15-13(10-3-4-10)11-5-6-14(8-11)9-12-2-1-7-16-12/h5-6,8,10,12-13,15H,1-4,7,9H2. The molecule has 88 valence electrons. The van der Waals surface area contributed by atoms with Gasteiger partial charge in [0.1, 0.15) is 0 Å². The summed E-state index contributed by atoms with van der Waals surface area (Å²) in [7, 11) is 0. The summed E-state index contributed by atoms with van der Waals surface area (Å²) >= 11 is 0. The first-order valence-corrected chi connectivity index (χ1v) is 6.28. The second-order valence-corrected chi connectivity index (χ2v) is 5.06. The normalized spacial score (nSPS) is 27.2. The Labute approximate surface area is 96.0 Å². The van der Waals surface area contributed by atoms with E-state index in [1.54, 1.807) is 0 Å². The summed E-state index contributed by atoms with van der Waals surface area (Å²) in [6, 6.07) is 2.04. The first kappa shape index (κ1) is 10.4. The maximum atomic E-state index is 9.99. The molecule has 1 saturated carbocycles. The maximum absolute atomic E-state index is 9.99. The van der Waals surface area contributed by atoms with E-state index in [4.69, 9.17) is 4.74 Å². The van der Waals surface area contributed by atoms with Crippen molar-refractivity contribution >= 4 is 0 Å². The molecule has 0 bridgehead atoms. The van der Waals surface area contributed by atoms with Crippen molar-refractivity contribution in [2.45, 2.75) is 44.4 Å². The first-order valence-electron chi connectivity index (χ1n) is 6.28. The summed E-state index contributed by atoms with van der Waals surface area (Å²) < 4.78 is 7.75. The molecule has 1 aliphatic heterocycles. The lowest BCUT2D eigenvalue weighted by atomic mass is 10.1. The average molecular weight is 221 g/mol. The Morgan fingerprint density at radius 1 is 1.44 bits per heavy atom.